The molecule has 2 nitrogen and oxygen atoms in total. The van der Waals surface area contributed by atoms with Crippen molar-refractivity contribution in [3.63, 3.8) is 0 Å². The van der Waals surface area contributed by atoms with E-state index in [2.05, 4.69) is 33.9 Å². The Balaban J connectivity index is 2.02. The summed E-state index contributed by atoms with van der Waals surface area (Å²) in [7, 11) is 0. The van der Waals surface area contributed by atoms with Gasteiger partial charge in [-0.05, 0) is 68.1 Å². The molecule has 0 unspecified atom stereocenters. The van der Waals surface area contributed by atoms with Crippen LogP contribution in [-0.4, -0.2) is 17.5 Å². The number of hydrogen-bond acceptors (Lipinski definition) is 2. The Morgan fingerprint density at radius 3 is 2.67 bits per heavy atom. The Bertz CT molecular complexity index is 562. The normalized spacial score (nSPS) is 45.0. The molecule has 3 saturated carbocycles. The molecule has 3 aliphatic rings. The first kappa shape index (κ1) is 17.9. The highest BCUT2D eigenvalue weighted by atomic mass is 16.3. The van der Waals surface area contributed by atoms with Gasteiger partial charge >= 0.3 is 0 Å². The van der Waals surface area contributed by atoms with Crippen LogP contribution in [0.5, 0.6) is 0 Å². The molecule has 2 heteroatoms. The van der Waals surface area contributed by atoms with Gasteiger partial charge in [-0.25, -0.2) is 0 Å². The number of aliphatic hydroxyl groups is 1. The molecule has 0 amide bonds. The third kappa shape index (κ3) is 2.44. The summed E-state index contributed by atoms with van der Waals surface area (Å²) in [6, 6.07) is 0. The van der Waals surface area contributed by atoms with E-state index in [0.717, 1.165) is 19.3 Å². The molecular formula is C22H34O2. The SMILES string of the molecule is C=C(C)CC[C@@H]1[C@@H](C)CC[C@@H]2CC(=O)[C@@]3(CO)CC(=C)C[C@H]3[C@]21C. The van der Waals surface area contributed by atoms with Gasteiger partial charge < -0.3 is 5.11 Å². The number of aliphatic hydroxyl groups excluding tert-OH is 1. The fraction of sp³-hybridized carbons (Fsp3) is 0.773. The van der Waals surface area contributed by atoms with Crippen molar-refractivity contribution in [3.8, 4) is 0 Å². The molecule has 0 aromatic heterocycles. The Hall–Kier alpha value is -0.890. The van der Waals surface area contributed by atoms with E-state index in [1.807, 2.05) is 0 Å². The van der Waals surface area contributed by atoms with Crippen molar-refractivity contribution in [2.75, 3.05) is 6.61 Å². The lowest BCUT2D eigenvalue weighted by atomic mass is 9.43. The summed E-state index contributed by atoms with van der Waals surface area (Å²) in [5, 5.41) is 10.2. The minimum Gasteiger partial charge on any atom is -0.395 e. The fourth-order valence-electron chi connectivity index (χ4n) is 6.67. The molecule has 0 aliphatic heterocycles. The Labute approximate surface area is 147 Å². The molecule has 3 fully saturated rings. The summed E-state index contributed by atoms with van der Waals surface area (Å²) >= 11 is 0. The Morgan fingerprint density at radius 1 is 1.33 bits per heavy atom. The summed E-state index contributed by atoms with van der Waals surface area (Å²) in [6.07, 6.45) is 6.93. The highest BCUT2D eigenvalue weighted by Crippen LogP contribution is 2.67. The Morgan fingerprint density at radius 2 is 2.04 bits per heavy atom. The van der Waals surface area contributed by atoms with Crippen LogP contribution in [0.2, 0.25) is 0 Å². The first-order valence-electron chi connectivity index (χ1n) is 9.71. The van der Waals surface area contributed by atoms with Crippen LogP contribution in [0, 0.1) is 34.5 Å². The second-order valence-corrected chi connectivity index (χ2v) is 9.34. The Kier molecular flexibility index (Phi) is 4.57. The van der Waals surface area contributed by atoms with E-state index in [9.17, 15) is 9.90 Å². The second-order valence-electron chi connectivity index (χ2n) is 9.34. The van der Waals surface area contributed by atoms with Crippen LogP contribution in [0.3, 0.4) is 0 Å². The summed E-state index contributed by atoms with van der Waals surface area (Å²) < 4.78 is 0. The molecule has 0 saturated heterocycles. The van der Waals surface area contributed by atoms with Gasteiger partial charge in [-0.15, -0.1) is 6.58 Å². The molecule has 1 N–H and O–H groups in total. The lowest BCUT2D eigenvalue weighted by Gasteiger charge is -2.60. The molecule has 3 rings (SSSR count). The van der Waals surface area contributed by atoms with E-state index in [4.69, 9.17) is 0 Å². The van der Waals surface area contributed by atoms with Gasteiger partial charge in [0.1, 0.15) is 5.78 Å². The van der Waals surface area contributed by atoms with Gasteiger partial charge in [0.15, 0.2) is 0 Å². The van der Waals surface area contributed by atoms with E-state index >= 15 is 0 Å². The number of rotatable bonds is 4. The predicted octanol–water partition coefficient (Wildman–Crippen LogP) is 4.93. The number of Topliss-reactive ketones (excluding diaryl/α,β-unsaturated/α-hetero) is 1. The van der Waals surface area contributed by atoms with E-state index in [1.54, 1.807) is 0 Å². The molecule has 3 aliphatic carbocycles. The molecule has 0 aromatic carbocycles. The van der Waals surface area contributed by atoms with Crippen LogP contribution in [0.4, 0.5) is 0 Å². The number of carbonyl (C=O) groups is 1. The number of hydrogen-bond donors (Lipinski definition) is 1. The summed E-state index contributed by atoms with van der Waals surface area (Å²) in [4.78, 5) is 13.0. The van der Waals surface area contributed by atoms with Crippen molar-refractivity contribution in [1.29, 1.82) is 0 Å². The quantitative estimate of drug-likeness (QED) is 0.742. The van der Waals surface area contributed by atoms with Gasteiger partial charge in [0.25, 0.3) is 0 Å². The van der Waals surface area contributed by atoms with E-state index in [1.165, 1.54) is 24.0 Å². The van der Waals surface area contributed by atoms with Gasteiger partial charge in [-0.2, -0.15) is 0 Å². The van der Waals surface area contributed by atoms with Crippen molar-refractivity contribution in [3.05, 3.63) is 24.3 Å². The molecular weight excluding hydrogens is 296 g/mol. The van der Waals surface area contributed by atoms with Gasteiger partial charge in [0.2, 0.25) is 0 Å². The largest absolute Gasteiger partial charge is 0.395 e. The number of carbonyl (C=O) groups excluding carboxylic acids is 1. The highest BCUT2D eigenvalue weighted by molar-refractivity contribution is 5.88. The summed E-state index contributed by atoms with van der Waals surface area (Å²) in [6.45, 7) is 15.3. The number of allylic oxidation sites excluding steroid dienone is 2. The van der Waals surface area contributed by atoms with Gasteiger partial charge in [0.05, 0.1) is 12.0 Å². The maximum absolute atomic E-state index is 13.0. The van der Waals surface area contributed by atoms with Crippen LogP contribution in [0.1, 0.15) is 65.7 Å². The zero-order valence-corrected chi connectivity index (χ0v) is 15.7. The number of fused-ring (bicyclic) bond motifs is 3. The molecule has 0 bridgehead atoms. The van der Waals surface area contributed by atoms with Crippen LogP contribution in [-0.2, 0) is 4.79 Å². The van der Waals surface area contributed by atoms with Crippen LogP contribution in [0.25, 0.3) is 0 Å². The minimum absolute atomic E-state index is 0.000578. The molecule has 6 atom stereocenters. The molecule has 0 radical (unpaired) electrons. The van der Waals surface area contributed by atoms with Crippen molar-refractivity contribution < 1.29 is 9.90 Å². The first-order chi connectivity index (χ1) is 11.3. The van der Waals surface area contributed by atoms with Gasteiger partial charge in [-0.3, -0.25) is 4.79 Å². The topological polar surface area (TPSA) is 37.3 Å². The summed E-state index contributed by atoms with van der Waals surface area (Å²) in [5.74, 6) is 2.36. The maximum atomic E-state index is 13.0. The van der Waals surface area contributed by atoms with Crippen LogP contribution < -0.4 is 0 Å². The van der Waals surface area contributed by atoms with Crippen molar-refractivity contribution in [1.82, 2.24) is 0 Å². The van der Waals surface area contributed by atoms with Crippen LogP contribution >= 0.6 is 0 Å². The monoisotopic (exact) mass is 330 g/mol. The zero-order valence-electron chi connectivity index (χ0n) is 15.7. The van der Waals surface area contributed by atoms with E-state index in [-0.39, 0.29) is 17.9 Å². The fourth-order valence-corrected chi connectivity index (χ4v) is 6.67. The van der Waals surface area contributed by atoms with Gasteiger partial charge in [-0.1, -0.05) is 38.0 Å². The van der Waals surface area contributed by atoms with Crippen LogP contribution in [0.15, 0.2) is 24.3 Å². The third-order valence-corrected chi connectivity index (χ3v) is 7.96. The van der Waals surface area contributed by atoms with E-state index in [0.29, 0.717) is 36.4 Å². The average molecular weight is 331 g/mol. The minimum atomic E-state index is -0.541. The van der Waals surface area contributed by atoms with Gasteiger partial charge in [0, 0.05) is 6.42 Å². The highest BCUT2D eigenvalue weighted by Gasteiger charge is 2.65. The average Bonchev–Trinajstić information content (AvgIpc) is 2.88. The molecule has 0 heterocycles. The van der Waals surface area contributed by atoms with Crippen molar-refractivity contribution in [2.45, 2.75) is 65.7 Å². The zero-order chi connectivity index (χ0) is 17.7. The molecule has 0 spiro atoms. The lowest BCUT2D eigenvalue weighted by molar-refractivity contribution is -0.167. The van der Waals surface area contributed by atoms with E-state index < -0.39 is 5.41 Å². The molecule has 0 aromatic rings. The summed E-state index contributed by atoms with van der Waals surface area (Å²) in [5.41, 5.74) is 2.02. The third-order valence-electron chi connectivity index (χ3n) is 7.96. The van der Waals surface area contributed by atoms with Crippen molar-refractivity contribution in [2.24, 2.45) is 34.5 Å². The molecule has 134 valence electrons. The maximum Gasteiger partial charge on any atom is 0.142 e. The lowest BCUT2D eigenvalue weighted by Crippen LogP contribution is -2.59. The number of ketones is 1. The smallest absolute Gasteiger partial charge is 0.142 e. The second kappa shape index (κ2) is 6.12. The standard InChI is InChI=1S/C22H34O2/c1-14(2)6-9-18-16(4)7-8-17-11-20(24)22(13-23)12-15(3)10-19(22)21(17,18)5/h16-19,23H,1,3,6-13H2,2,4-5H3/t16-,17+,18+,19-,21+,22+/m0/s1. The van der Waals surface area contributed by atoms with Crippen molar-refractivity contribution >= 4 is 5.78 Å². The molecule has 24 heavy (non-hydrogen) atoms. The first-order valence-corrected chi connectivity index (χ1v) is 9.71. The predicted molar refractivity (Wildman–Crippen MR) is 98.5 cm³/mol.